The summed E-state index contributed by atoms with van der Waals surface area (Å²) in [7, 11) is -3.44. The Morgan fingerprint density at radius 2 is 0.885 bits per heavy atom. The monoisotopic (exact) mass is 362 g/mol. The van der Waals surface area contributed by atoms with E-state index >= 15 is 0 Å². The Balaban J connectivity index is 1.91. The first-order valence-corrected chi connectivity index (χ1v) is 11.4. The molecule has 5 rings (SSSR count). The molecule has 2 aliphatic rings. The van der Waals surface area contributed by atoms with Crippen molar-refractivity contribution in [3.8, 4) is 0 Å². The Labute approximate surface area is 154 Å². The molecule has 1 saturated heterocycles. The van der Waals surface area contributed by atoms with Gasteiger partial charge in [-0.15, -0.1) is 0 Å². The van der Waals surface area contributed by atoms with E-state index in [2.05, 4.69) is 91.0 Å². The van der Waals surface area contributed by atoms with E-state index in [4.69, 9.17) is 9.05 Å². The first kappa shape index (κ1) is 16.2. The van der Waals surface area contributed by atoms with Crippen LogP contribution in [-0.2, 0) is 9.05 Å². The molecule has 3 aromatic carbocycles. The molecule has 2 unspecified atom stereocenters. The van der Waals surface area contributed by atoms with Gasteiger partial charge in [-0.2, -0.15) is 0 Å². The van der Waals surface area contributed by atoms with Crippen LogP contribution in [-0.4, -0.2) is 12.2 Å². The van der Waals surface area contributed by atoms with E-state index in [1.54, 1.807) is 0 Å². The molecule has 3 aromatic rings. The van der Waals surface area contributed by atoms with Gasteiger partial charge in [-0.1, -0.05) is 0 Å². The van der Waals surface area contributed by atoms with Crippen LogP contribution in [0.1, 0.15) is 19.3 Å². The summed E-state index contributed by atoms with van der Waals surface area (Å²) in [5, 5.41) is 3.48. The molecule has 0 radical (unpaired) electrons. The molecule has 1 aliphatic carbocycles. The molecule has 26 heavy (non-hydrogen) atoms. The Kier molecular flexibility index (Phi) is 3.76. The van der Waals surface area contributed by atoms with E-state index in [1.165, 1.54) is 0 Å². The van der Waals surface area contributed by atoms with Crippen LogP contribution >= 0.6 is 7.06 Å². The summed E-state index contributed by atoms with van der Waals surface area (Å²) in [6.07, 6.45) is 3.67. The van der Waals surface area contributed by atoms with E-state index in [0.29, 0.717) is 0 Å². The van der Waals surface area contributed by atoms with Crippen LogP contribution in [0.15, 0.2) is 91.0 Å². The summed E-state index contributed by atoms with van der Waals surface area (Å²) in [4.78, 5) is 0. The quantitative estimate of drug-likeness (QED) is 0.646. The average Bonchev–Trinajstić information content (AvgIpc) is 3.08. The molecular formula is C23H23O2P. The van der Waals surface area contributed by atoms with Gasteiger partial charge in [-0.3, -0.25) is 0 Å². The summed E-state index contributed by atoms with van der Waals surface area (Å²) in [5.74, 6) is 0. The minimum atomic E-state index is -3.44. The Morgan fingerprint density at radius 1 is 0.538 bits per heavy atom. The van der Waals surface area contributed by atoms with Gasteiger partial charge in [0.05, 0.1) is 0 Å². The van der Waals surface area contributed by atoms with Crippen LogP contribution in [0.5, 0.6) is 0 Å². The zero-order valence-corrected chi connectivity index (χ0v) is 15.6. The third-order valence-corrected chi connectivity index (χ3v) is 10.8. The van der Waals surface area contributed by atoms with Gasteiger partial charge in [0.2, 0.25) is 0 Å². The van der Waals surface area contributed by atoms with E-state index < -0.39 is 7.06 Å². The van der Waals surface area contributed by atoms with Crippen molar-refractivity contribution >= 4 is 23.0 Å². The average molecular weight is 362 g/mol. The first-order chi connectivity index (χ1) is 12.8. The van der Waals surface area contributed by atoms with Gasteiger partial charge in [-0.25, -0.2) is 0 Å². The number of rotatable bonds is 3. The second kappa shape index (κ2) is 6.03. The van der Waals surface area contributed by atoms with Crippen molar-refractivity contribution in [1.29, 1.82) is 0 Å². The van der Waals surface area contributed by atoms with Crippen molar-refractivity contribution in [2.45, 2.75) is 31.5 Å². The predicted octanol–water partition coefficient (Wildman–Crippen LogP) is 4.31. The Hall–Kier alpha value is -1.99. The van der Waals surface area contributed by atoms with Crippen LogP contribution in [0.2, 0.25) is 0 Å². The third-order valence-electron chi connectivity index (χ3n) is 5.71. The molecule has 2 nitrogen and oxygen atoms in total. The van der Waals surface area contributed by atoms with Gasteiger partial charge in [0, 0.05) is 0 Å². The van der Waals surface area contributed by atoms with Crippen molar-refractivity contribution in [2.75, 3.05) is 0 Å². The number of hydrogen-bond donors (Lipinski definition) is 0. The fourth-order valence-corrected chi connectivity index (χ4v) is 9.93. The summed E-state index contributed by atoms with van der Waals surface area (Å²) >= 11 is 0. The van der Waals surface area contributed by atoms with Crippen molar-refractivity contribution in [3.63, 3.8) is 0 Å². The second-order valence-electron chi connectivity index (χ2n) is 7.23. The Morgan fingerprint density at radius 3 is 1.23 bits per heavy atom. The first-order valence-electron chi connectivity index (χ1n) is 9.37. The molecule has 0 aromatic heterocycles. The topological polar surface area (TPSA) is 18.5 Å². The SMILES string of the molecule is c1ccc(P2(c3ccccc3)(c3ccccc3)OC3CCC(C3)O2)cc1. The fraction of sp³-hybridized carbons (Fsp3) is 0.217. The van der Waals surface area contributed by atoms with Crippen LogP contribution < -0.4 is 15.9 Å². The standard InChI is InChI=1S/C23H23O2P/c1-4-10-21(11-5-1)26(22-12-6-2-7-13-22,23-14-8-3-9-15-23)24-19-16-17-20(18-19)25-26/h1-15,19-20H,16-18H2. The van der Waals surface area contributed by atoms with Gasteiger partial charge in [-0.05, 0) is 0 Å². The number of hydrogen-bond acceptors (Lipinski definition) is 2. The maximum atomic E-state index is 7.12. The molecule has 1 aliphatic heterocycles. The third kappa shape index (κ3) is 2.16. The molecule has 0 spiro atoms. The van der Waals surface area contributed by atoms with Crippen molar-refractivity contribution in [1.82, 2.24) is 0 Å². The van der Waals surface area contributed by atoms with Crippen LogP contribution in [0.3, 0.4) is 0 Å². The van der Waals surface area contributed by atoms with E-state index in [9.17, 15) is 0 Å². The van der Waals surface area contributed by atoms with Gasteiger partial charge in [0.1, 0.15) is 0 Å². The fourth-order valence-electron chi connectivity index (χ4n) is 4.59. The zero-order valence-electron chi connectivity index (χ0n) is 14.7. The molecular weight excluding hydrogens is 339 g/mol. The van der Waals surface area contributed by atoms with Crippen LogP contribution in [0.4, 0.5) is 0 Å². The molecule has 2 atom stereocenters. The summed E-state index contributed by atoms with van der Waals surface area (Å²) in [5.41, 5.74) is 0. The number of fused-ring (bicyclic) bond motifs is 2. The molecule has 1 heterocycles. The van der Waals surface area contributed by atoms with E-state index in [1.807, 2.05) is 0 Å². The van der Waals surface area contributed by atoms with Gasteiger partial charge < -0.3 is 0 Å². The summed E-state index contributed by atoms with van der Waals surface area (Å²) in [6.45, 7) is 0. The molecule has 3 heteroatoms. The maximum absolute atomic E-state index is 7.12. The van der Waals surface area contributed by atoms with Crippen molar-refractivity contribution in [2.24, 2.45) is 0 Å². The normalized spacial score (nSPS) is 27.3. The number of benzene rings is 3. The molecule has 2 fully saturated rings. The van der Waals surface area contributed by atoms with Crippen LogP contribution in [0, 0.1) is 0 Å². The van der Waals surface area contributed by atoms with Crippen molar-refractivity contribution in [3.05, 3.63) is 91.0 Å². The summed E-state index contributed by atoms with van der Waals surface area (Å²) in [6, 6.07) is 31.9. The van der Waals surface area contributed by atoms with E-state index in [-0.39, 0.29) is 12.2 Å². The Bertz CT molecular complexity index is 780. The van der Waals surface area contributed by atoms with Crippen LogP contribution in [0.25, 0.3) is 0 Å². The van der Waals surface area contributed by atoms with E-state index in [0.717, 1.165) is 35.2 Å². The van der Waals surface area contributed by atoms with Gasteiger partial charge in [0.15, 0.2) is 0 Å². The van der Waals surface area contributed by atoms with Crippen molar-refractivity contribution < 1.29 is 9.05 Å². The zero-order chi connectivity index (χ0) is 17.5. The molecule has 1 saturated carbocycles. The molecule has 2 bridgehead atoms. The molecule has 132 valence electrons. The second-order valence-corrected chi connectivity index (χ2v) is 11.1. The van der Waals surface area contributed by atoms with Gasteiger partial charge >= 0.3 is 154 Å². The summed E-state index contributed by atoms with van der Waals surface area (Å²) < 4.78 is 14.2. The molecule has 0 N–H and O–H groups in total. The van der Waals surface area contributed by atoms with Gasteiger partial charge in [0.25, 0.3) is 0 Å². The minimum absolute atomic E-state index is 0.257. The molecule has 0 amide bonds. The predicted molar refractivity (Wildman–Crippen MR) is 109 cm³/mol.